The predicted molar refractivity (Wildman–Crippen MR) is 102 cm³/mol. The van der Waals surface area contributed by atoms with Crippen LogP contribution >= 0.6 is 0 Å². The average Bonchev–Trinajstić information content (AvgIpc) is 2.62. The van der Waals surface area contributed by atoms with Crippen LogP contribution in [0, 0.1) is 12.3 Å². The molecule has 0 amide bonds. The van der Waals surface area contributed by atoms with E-state index in [1.165, 1.54) is 11.8 Å². The number of aromatic nitrogens is 1. The second kappa shape index (κ2) is 7.09. The SMILES string of the molecule is CCNc1ccc(-c2cccnc2-c2cccc(C)c2)cc1C=N. The van der Waals surface area contributed by atoms with Crippen molar-refractivity contribution in [2.75, 3.05) is 11.9 Å². The molecule has 0 unspecified atom stereocenters. The number of hydrogen-bond donors (Lipinski definition) is 2. The quantitative estimate of drug-likeness (QED) is 0.639. The highest BCUT2D eigenvalue weighted by molar-refractivity contribution is 5.90. The average molecular weight is 315 g/mol. The molecule has 0 atom stereocenters. The van der Waals surface area contributed by atoms with E-state index >= 15 is 0 Å². The van der Waals surface area contributed by atoms with Gasteiger partial charge < -0.3 is 10.7 Å². The first kappa shape index (κ1) is 15.9. The van der Waals surface area contributed by atoms with Crippen molar-refractivity contribution in [1.82, 2.24) is 4.98 Å². The van der Waals surface area contributed by atoms with Crippen molar-refractivity contribution in [2.45, 2.75) is 13.8 Å². The topological polar surface area (TPSA) is 48.8 Å². The van der Waals surface area contributed by atoms with Gasteiger partial charge in [0.1, 0.15) is 0 Å². The van der Waals surface area contributed by atoms with E-state index < -0.39 is 0 Å². The summed E-state index contributed by atoms with van der Waals surface area (Å²) >= 11 is 0. The van der Waals surface area contributed by atoms with Crippen molar-refractivity contribution in [3.8, 4) is 22.4 Å². The summed E-state index contributed by atoms with van der Waals surface area (Å²) in [7, 11) is 0. The van der Waals surface area contributed by atoms with Crippen molar-refractivity contribution in [2.24, 2.45) is 0 Å². The molecule has 0 aliphatic heterocycles. The zero-order chi connectivity index (χ0) is 16.9. The van der Waals surface area contributed by atoms with Gasteiger partial charge in [-0.05, 0) is 43.7 Å². The maximum Gasteiger partial charge on any atom is 0.0780 e. The normalized spacial score (nSPS) is 10.4. The van der Waals surface area contributed by atoms with Crippen molar-refractivity contribution in [3.05, 3.63) is 71.9 Å². The molecule has 120 valence electrons. The maximum absolute atomic E-state index is 7.69. The minimum atomic E-state index is 0.835. The van der Waals surface area contributed by atoms with Gasteiger partial charge in [-0.25, -0.2) is 0 Å². The van der Waals surface area contributed by atoms with Gasteiger partial charge in [-0.2, -0.15) is 0 Å². The summed E-state index contributed by atoms with van der Waals surface area (Å²) in [5, 5.41) is 11.0. The summed E-state index contributed by atoms with van der Waals surface area (Å²) < 4.78 is 0. The minimum Gasteiger partial charge on any atom is -0.385 e. The van der Waals surface area contributed by atoms with E-state index in [1.54, 1.807) is 0 Å². The highest BCUT2D eigenvalue weighted by Gasteiger charge is 2.10. The molecule has 0 aliphatic carbocycles. The lowest BCUT2D eigenvalue weighted by atomic mass is 9.97. The summed E-state index contributed by atoms with van der Waals surface area (Å²) in [6.45, 7) is 4.98. The summed E-state index contributed by atoms with van der Waals surface area (Å²) in [4.78, 5) is 4.61. The van der Waals surface area contributed by atoms with Gasteiger partial charge in [0.2, 0.25) is 0 Å². The number of benzene rings is 2. The van der Waals surface area contributed by atoms with Crippen LogP contribution in [0.2, 0.25) is 0 Å². The van der Waals surface area contributed by atoms with Crippen LogP contribution in [0.1, 0.15) is 18.1 Å². The van der Waals surface area contributed by atoms with Crippen molar-refractivity contribution in [1.29, 1.82) is 5.41 Å². The molecule has 0 spiro atoms. The van der Waals surface area contributed by atoms with Gasteiger partial charge in [-0.1, -0.05) is 35.9 Å². The fourth-order valence-electron chi connectivity index (χ4n) is 2.86. The molecule has 24 heavy (non-hydrogen) atoms. The van der Waals surface area contributed by atoms with Gasteiger partial charge in [0, 0.05) is 41.3 Å². The van der Waals surface area contributed by atoms with Crippen LogP contribution in [0.5, 0.6) is 0 Å². The lowest BCUT2D eigenvalue weighted by Crippen LogP contribution is -2.00. The Labute approximate surface area is 142 Å². The van der Waals surface area contributed by atoms with E-state index in [4.69, 9.17) is 5.41 Å². The third-order valence-electron chi connectivity index (χ3n) is 3.98. The van der Waals surface area contributed by atoms with Gasteiger partial charge in [0.05, 0.1) is 5.69 Å². The van der Waals surface area contributed by atoms with E-state index in [1.807, 2.05) is 24.4 Å². The van der Waals surface area contributed by atoms with Crippen LogP contribution in [-0.2, 0) is 0 Å². The van der Waals surface area contributed by atoms with Crippen molar-refractivity contribution < 1.29 is 0 Å². The Kier molecular flexibility index (Phi) is 4.71. The number of anilines is 1. The first-order chi connectivity index (χ1) is 11.7. The van der Waals surface area contributed by atoms with Gasteiger partial charge in [0.15, 0.2) is 0 Å². The Morgan fingerprint density at radius 3 is 2.67 bits per heavy atom. The molecule has 0 bridgehead atoms. The number of nitrogens with zero attached hydrogens (tertiary/aromatic N) is 1. The number of pyridine rings is 1. The van der Waals surface area contributed by atoms with Crippen LogP contribution in [0.15, 0.2) is 60.8 Å². The molecular formula is C21H21N3. The number of hydrogen-bond acceptors (Lipinski definition) is 3. The van der Waals surface area contributed by atoms with Crippen LogP contribution in [0.3, 0.4) is 0 Å². The monoisotopic (exact) mass is 315 g/mol. The molecule has 1 heterocycles. The zero-order valence-corrected chi connectivity index (χ0v) is 14.0. The molecule has 3 nitrogen and oxygen atoms in total. The van der Waals surface area contributed by atoms with Crippen LogP contribution in [0.4, 0.5) is 5.69 Å². The van der Waals surface area contributed by atoms with Crippen LogP contribution in [-0.4, -0.2) is 17.7 Å². The third kappa shape index (κ3) is 3.20. The number of nitrogens with one attached hydrogen (secondary N) is 2. The molecule has 3 aromatic rings. The first-order valence-corrected chi connectivity index (χ1v) is 8.13. The summed E-state index contributed by atoms with van der Waals surface area (Å²) in [5.74, 6) is 0. The van der Waals surface area contributed by atoms with E-state index in [-0.39, 0.29) is 0 Å². The third-order valence-corrected chi connectivity index (χ3v) is 3.98. The lowest BCUT2D eigenvalue weighted by Gasteiger charge is -2.13. The minimum absolute atomic E-state index is 0.835. The lowest BCUT2D eigenvalue weighted by molar-refractivity contribution is 1.21. The molecule has 2 aromatic carbocycles. The predicted octanol–water partition coefficient (Wildman–Crippen LogP) is 5.15. The van der Waals surface area contributed by atoms with E-state index in [9.17, 15) is 0 Å². The number of aryl methyl sites for hydroxylation is 1. The number of rotatable bonds is 5. The van der Waals surface area contributed by atoms with Crippen molar-refractivity contribution >= 4 is 11.9 Å². The molecule has 2 N–H and O–H groups in total. The van der Waals surface area contributed by atoms with Gasteiger partial charge >= 0.3 is 0 Å². The highest BCUT2D eigenvalue weighted by Crippen LogP contribution is 2.32. The van der Waals surface area contributed by atoms with Crippen LogP contribution in [0.25, 0.3) is 22.4 Å². The van der Waals surface area contributed by atoms with Crippen LogP contribution < -0.4 is 5.32 Å². The molecular weight excluding hydrogens is 294 g/mol. The molecule has 0 saturated carbocycles. The second-order valence-corrected chi connectivity index (χ2v) is 5.75. The molecule has 0 saturated heterocycles. The fourth-order valence-corrected chi connectivity index (χ4v) is 2.86. The van der Waals surface area contributed by atoms with E-state index in [2.05, 4.69) is 60.5 Å². The second-order valence-electron chi connectivity index (χ2n) is 5.75. The molecule has 0 fully saturated rings. The summed E-state index contributed by atoms with van der Waals surface area (Å²) in [5.41, 5.74) is 7.30. The molecule has 3 rings (SSSR count). The molecule has 1 aromatic heterocycles. The summed E-state index contributed by atoms with van der Waals surface area (Å²) in [6.07, 6.45) is 3.22. The Morgan fingerprint density at radius 2 is 1.92 bits per heavy atom. The molecule has 3 heteroatoms. The van der Waals surface area contributed by atoms with E-state index in [0.29, 0.717) is 0 Å². The van der Waals surface area contributed by atoms with E-state index in [0.717, 1.165) is 40.2 Å². The largest absolute Gasteiger partial charge is 0.385 e. The highest BCUT2D eigenvalue weighted by atomic mass is 14.9. The molecule has 0 aliphatic rings. The van der Waals surface area contributed by atoms with Gasteiger partial charge in [-0.15, -0.1) is 0 Å². The smallest absolute Gasteiger partial charge is 0.0780 e. The van der Waals surface area contributed by atoms with Gasteiger partial charge in [0.25, 0.3) is 0 Å². The first-order valence-electron chi connectivity index (χ1n) is 8.13. The fraction of sp³-hybridized carbons (Fsp3) is 0.143. The van der Waals surface area contributed by atoms with Gasteiger partial charge in [-0.3, -0.25) is 4.98 Å². The molecule has 0 radical (unpaired) electrons. The summed E-state index contributed by atoms with van der Waals surface area (Å²) in [6, 6.07) is 18.6. The Balaban J connectivity index is 2.12. The maximum atomic E-state index is 7.69. The Bertz CT molecular complexity index is 868. The van der Waals surface area contributed by atoms with Crippen molar-refractivity contribution in [3.63, 3.8) is 0 Å². The standard InChI is InChI=1S/C21H21N3/c1-3-23-20-10-9-16(13-18(20)14-22)19-8-5-11-24-21(19)17-7-4-6-15(2)12-17/h4-14,22-23H,3H2,1-2H3. The zero-order valence-electron chi connectivity index (χ0n) is 14.0. The Hall–Kier alpha value is -2.94. The Morgan fingerprint density at radius 1 is 1.04 bits per heavy atom.